The Morgan fingerprint density at radius 3 is 2.71 bits per heavy atom. The van der Waals surface area contributed by atoms with Crippen LogP contribution >= 0.6 is 11.6 Å². The number of ether oxygens (including phenoxy) is 1. The van der Waals surface area contributed by atoms with E-state index in [0.717, 1.165) is 0 Å². The third kappa shape index (κ3) is 5.28. The molecular formula is C15H23ClN2O3. The summed E-state index contributed by atoms with van der Waals surface area (Å²) in [6.07, 6.45) is -0.694. The summed E-state index contributed by atoms with van der Waals surface area (Å²) in [4.78, 5) is 11.8. The van der Waals surface area contributed by atoms with Crippen molar-refractivity contribution < 1.29 is 14.6 Å². The number of primary amides is 1. The first-order valence-electron chi connectivity index (χ1n) is 6.86. The second kappa shape index (κ2) is 7.75. The van der Waals surface area contributed by atoms with Crippen molar-refractivity contribution in [2.24, 2.45) is 5.73 Å². The fourth-order valence-corrected chi connectivity index (χ4v) is 2.01. The number of hydrogen-bond acceptors (Lipinski definition) is 4. The van der Waals surface area contributed by atoms with Gasteiger partial charge in [-0.3, -0.25) is 10.1 Å². The first-order chi connectivity index (χ1) is 9.75. The van der Waals surface area contributed by atoms with E-state index >= 15 is 0 Å². The van der Waals surface area contributed by atoms with Crippen molar-refractivity contribution in [1.82, 2.24) is 5.32 Å². The van der Waals surface area contributed by atoms with Gasteiger partial charge in [0, 0.05) is 11.6 Å². The lowest BCUT2D eigenvalue weighted by molar-refractivity contribution is -0.124. The van der Waals surface area contributed by atoms with E-state index in [0.29, 0.717) is 10.6 Å². The molecular weight excluding hydrogens is 292 g/mol. The minimum absolute atomic E-state index is 0.0371. The lowest BCUT2D eigenvalue weighted by Gasteiger charge is -2.29. The molecule has 1 rings (SSSR count). The highest BCUT2D eigenvalue weighted by Crippen LogP contribution is 2.23. The Morgan fingerprint density at radius 2 is 2.19 bits per heavy atom. The van der Waals surface area contributed by atoms with Gasteiger partial charge in [0.15, 0.2) is 0 Å². The maximum absolute atomic E-state index is 11.8. The average molecular weight is 315 g/mol. The van der Waals surface area contributed by atoms with Crippen molar-refractivity contribution in [1.29, 1.82) is 0 Å². The molecule has 1 aromatic carbocycles. The van der Waals surface area contributed by atoms with Gasteiger partial charge in [-0.05, 0) is 38.5 Å². The molecule has 6 heteroatoms. The molecule has 0 aliphatic carbocycles. The molecule has 21 heavy (non-hydrogen) atoms. The Labute approximate surface area is 130 Å². The minimum Gasteiger partial charge on any atom is -0.389 e. The van der Waals surface area contributed by atoms with E-state index in [2.05, 4.69) is 5.32 Å². The monoisotopic (exact) mass is 314 g/mol. The molecule has 0 bridgehead atoms. The van der Waals surface area contributed by atoms with E-state index in [1.165, 1.54) is 0 Å². The lowest BCUT2D eigenvalue weighted by Crippen LogP contribution is -2.53. The minimum atomic E-state index is -1.11. The van der Waals surface area contributed by atoms with Crippen LogP contribution in [0, 0.1) is 0 Å². The lowest BCUT2D eigenvalue weighted by atomic mass is 9.91. The third-order valence-electron chi connectivity index (χ3n) is 3.21. The molecule has 0 saturated heterocycles. The Balaban J connectivity index is 2.76. The van der Waals surface area contributed by atoms with Crippen LogP contribution in [0.1, 0.15) is 26.3 Å². The fourth-order valence-electron chi connectivity index (χ4n) is 1.82. The molecule has 0 saturated carbocycles. The van der Waals surface area contributed by atoms with E-state index < -0.39 is 17.6 Å². The predicted octanol–water partition coefficient (Wildman–Crippen LogP) is 1.42. The number of aliphatic hydroxyl groups excluding tert-OH is 1. The SMILES string of the molecule is CC(C)OCC(O)CNC(C)(C(N)=O)c1cccc(Cl)c1. The van der Waals surface area contributed by atoms with Crippen LogP contribution in [0.3, 0.4) is 0 Å². The summed E-state index contributed by atoms with van der Waals surface area (Å²) < 4.78 is 5.33. The Kier molecular flexibility index (Phi) is 6.61. The van der Waals surface area contributed by atoms with E-state index in [1.54, 1.807) is 31.2 Å². The summed E-state index contributed by atoms with van der Waals surface area (Å²) in [5.41, 5.74) is 5.05. The summed E-state index contributed by atoms with van der Waals surface area (Å²) in [6.45, 7) is 5.81. The van der Waals surface area contributed by atoms with E-state index in [4.69, 9.17) is 22.1 Å². The van der Waals surface area contributed by atoms with Gasteiger partial charge in [-0.15, -0.1) is 0 Å². The first-order valence-corrected chi connectivity index (χ1v) is 7.24. The number of carbonyl (C=O) groups is 1. The third-order valence-corrected chi connectivity index (χ3v) is 3.44. The molecule has 0 spiro atoms. The molecule has 2 unspecified atom stereocenters. The highest BCUT2D eigenvalue weighted by molar-refractivity contribution is 6.30. The van der Waals surface area contributed by atoms with Gasteiger partial charge in [-0.1, -0.05) is 23.7 Å². The number of benzene rings is 1. The Bertz CT molecular complexity index is 482. The molecule has 0 aliphatic rings. The van der Waals surface area contributed by atoms with E-state index in [9.17, 15) is 9.90 Å². The molecule has 0 heterocycles. The number of carbonyl (C=O) groups excluding carboxylic acids is 1. The topological polar surface area (TPSA) is 84.6 Å². The smallest absolute Gasteiger partial charge is 0.242 e. The maximum atomic E-state index is 11.8. The standard InChI is InChI=1S/C15H23ClN2O3/c1-10(2)21-9-13(19)8-18-15(3,14(17)20)11-5-4-6-12(16)7-11/h4-7,10,13,18-19H,8-9H2,1-3H3,(H2,17,20). The van der Waals surface area contributed by atoms with Crippen molar-refractivity contribution >= 4 is 17.5 Å². The summed E-state index contributed by atoms with van der Waals surface area (Å²) in [5, 5.41) is 13.4. The number of halogens is 1. The van der Waals surface area contributed by atoms with Gasteiger partial charge < -0.3 is 15.6 Å². The average Bonchev–Trinajstić information content (AvgIpc) is 2.42. The number of hydrogen-bond donors (Lipinski definition) is 3. The maximum Gasteiger partial charge on any atom is 0.242 e. The molecule has 0 fully saturated rings. The Morgan fingerprint density at radius 1 is 1.52 bits per heavy atom. The van der Waals surface area contributed by atoms with E-state index in [1.807, 2.05) is 13.8 Å². The van der Waals surface area contributed by atoms with Gasteiger partial charge in [-0.2, -0.15) is 0 Å². The van der Waals surface area contributed by atoms with Crippen molar-refractivity contribution in [3.8, 4) is 0 Å². The van der Waals surface area contributed by atoms with Crippen molar-refractivity contribution in [2.45, 2.75) is 38.5 Å². The zero-order chi connectivity index (χ0) is 16.0. The quantitative estimate of drug-likeness (QED) is 0.677. The molecule has 2 atom stereocenters. The summed E-state index contributed by atoms with van der Waals surface area (Å²) >= 11 is 5.95. The molecule has 4 N–H and O–H groups in total. The molecule has 0 aromatic heterocycles. The van der Waals surface area contributed by atoms with Crippen LogP contribution in [0.15, 0.2) is 24.3 Å². The second-order valence-electron chi connectivity index (χ2n) is 5.42. The van der Waals surface area contributed by atoms with Crippen LogP contribution in [0.25, 0.3) is 0 Å². The predicted molar refractivity (Wildman–Crippen MR) is 83.1 cm³/mol. The van der Waals surface area contributed by atoms with Crippen molar-refractivity contribution in [3.63, 3.8) is 0 Å². The largest absolute Gasteiger partial charge is 0.389 e. The molecule has 118 valence electrons. The molecule has 1 aromatic rings. The summed E-state index contributed by atoms with van der Waals surface area (Å²) in [6, 6.07) is 6.91. The normalized spacial score (nSPS) is 15.7. The second-order valence-corrected chi connectivity index (χ2v) is 5.85. The number of aliphatic hydroxyl groups is 1. The van der Waals surface area contributed by atoms with Gasteiger partial charge in [0.05, 0.1) is 18.8 Å². The number of rotatable bonds is 8. The summed E-state index contributed by atoms with van der Waals surface area (Å²) in [5.74, 6) is -0.540. The molecule has 1 amide bonds. The zero-order valence-electron chi connectivity index (χ0n) is 12.6. The van der Waals surface area contributed by atoms with Crippen LogP contribution in [0.5, 0.6) is 0 Å². The van der Waals surface area contributed by atoms with Crippen LogP contribution in [0.4, 0.5) is 0 Å². The summed E-state index contributed by atoms with van der Waals surface area (Å²) in [7, 11) is 0. The van der Waals surface area contributed by atoms with Crippen LogP contribution in [-0.4, -0.2) is 36.4 Å². The van der Waals surface area contributed by atoms with Gasteiger partial charge in [0.25, 0.3) is 0 Å². The number of nitrogens with two attached hydrogens (primary N) is 1. The Hall–Kier alpha value is -1.14. The van der Waals surface area contributed by atoms with Crippen LogP contribution in [0.2, 0.25) is 5.02 Å². The van der Waals surface area contributed by atoms with E-state index in [-0.39, 0.29) is 19.3 Å². The first kappa shape index (κ1) is 17.9. The molecule has 5 nitrogen and oxygen atoms in total. The highest BCUT2D eigenvalue weighted by Gasteiger charge is 2.33. The fraction of sp³-hybridized carbons (Fsp3) is 0.533. The van der Waals surface area contributed by atoms with Crippen LogP contribution in [-0.2, 0) is 15.1 Å². The van der Waals surface area contributed by atoms with Gasteiger partial charge in [-0.25, -0.2) is 0 Å². The van der Waals surface area contributed by atoms with Gasteiger partial charge in [0.1, 0.15) is 5.54 Å². The van der Waals surface area contributed by atoms with Crippen molar-refractivity contribution in [2.75, 3.05) is 13.2 Å². The van der Waals surface area contributed by atoms with Gasteiger partial charge in [0.2, 0.25) is 5.91 Å². The van der Waals surface area contributed by atoms with Crippen molar-refractivity contribution in [3.05, 3.63) is 34.9 Å². The zero-order valence-corrected chi connectivity index (χ0v) is 13.4. The van der Waals surface area contributed by atoms with Crippen LogP contribution < -0.4 is 11.1 Å². The highest BCUT2D eigenvalue weighted by atomic mass is 35.5. The molecule has 0 aliphatic heterocycles. The molecule has 0 radical (unpaired) electrons. The van der Waals surface area contributed by atoms with Gasteiger partial charge >= 0.3 is 0 Å². The number of nitrogens with one attached hydrogen (secondary N) is 1. The number of amides is 1.